The number of anilines is 2. The van der Waals surface area contributed by atoms with Gasteiger partial charge in [-0.25, -0.2) is 4.90 Å². The number of carbonyl (C=O) groups excluding carboxylic acids is 2. The van der Waals surface area contributed by atoms with Crippen LogP contribution in [-0.4, -0.2) is 29.5 Å². The summed E-state index contributed by atoms with van der Waals surface area (Å²) in [5.41, 5.74) is 1.98. The number of para-hydroxylation sites is 2. The Balaban J connectivity index is 1.52. The third-order valence-electron chi connectivity index (χ3n) is 4.99. The summed E-state index contributed by atoms with van der Waals surface area (Å²) >= 11 is 0. The highest BCUT2D eigenvalue weighted by Crippen LogP contribution is 2.32. The summed E-state index contributed by atoms with van der Waals surface area (Å²) in [5, 5.41) is 3.16. The van der Waals surface area contributed by atoms with E-state index in [1.807, 2.05) is 24.3 Å². The predicted octanol–water partition coefficient (Wildman–Crippen LogP) is 2.65. The quantitative estimate of drug-likeness (QED) is 0.640. The van der Waals surface area contributed by atoms with Crippen LogP contribution < -0.4 is 20.5 Å². The van der Waals surface area contributed by atoms with E-state index in [1.165, 1.54) is 18.1 Å². The Morgan fingerprint density at radius 1 is 1.00 bits per heavy atom. The van der Waals surface area contributed by atoms with Gasteiger partial charge < -0.3 is 14.6 Å². The highest BCUT2D eigenvalue weighted by atomic mass is 16.5. The van der Waals surface area contributed by atoms with E-state index in [4.69, 9.17) is 4.74 Å². The Bertz CT molecular complexity index is 1150. The molecule has 1 unspecified atom stereocenters. The topological polar surface area (TPSA) is 80.6 Å². The van der Waals surface area contributed by atoms with Crippen molar-refractivity contribution in [3.05, 3.63) is 88.8 Å². The summed E-state index contributed by atoms with van der Waals surface area (Å²) in [7, 11) is 1.50. The molecule has 1 fully saturated rings. The van der Waals surface area contributed by atoms with Gasteiger partial charge in [-0.2, -0.15) is 0 Å². The molecule has 7 nitrogen and oxygen atoms in total. The van der Waals surface area contributed by atoms with Gasteiger partial charge in [-0.15, -0.1) is 0 Å². The number of imide groups is 1. The van der Waals surface area contributed by atoms with Gasteiger partial charge in [0.1, 0.15) is 11.8 Å². The molecular weight excluding hydrogens is 382 g/mol. The minimum atomic E-state index is -0.669. The zero-order valence-corrected chi connectivity index (χ0v) is 16.4. The van der Waals surface area contributed by atoms with Crippen molar-refractivity contribution in [2.24, 2.45) is 0 Å². The molecule has 7 heteroatoms. The molecular formula is C23H21N3O4. The Morgan fingerprint density at radius 2 is 1.80 bits per heavy atom. The number of nitrogens with one attached hydrogen (secondary N) is 1. The highest BCUT2D eigenvalue weighted by molar-refractivity contribution is 6.23. The molecule has 30 heavy (non-hydrogen) atoms. The molecule has 0 spiro atoms. The van der Waals surface area contributed by atoms with Crippen LogP contribution in [0.1, 0.15) is 12.0 Å². The van der Waals surface area contributed by atoms with Crippen LogP contribution in [-0.2, 0) is 16.1 Å². The fraction of sp³-hybridized carbons (Fsp3) is 0.174. The molecule has 0 saturated carbocycles. The molecule has 0 bridgehead atoms. The largest absolute Gasteiger partial charge is 0.495 e. The predicted molar refractivity (Wildman–Crippen MR) is 114 cm³/mol. The number of nitrogens with zero attached hydrogens (tertiary/aromatic N) is 2. The Kier molecular flexibility index (Phi) is 5.34. The lowest BCUT2D eigenvalue weighted by Crippen LogP contribution is -2.35. The van der Waals surface area contributed by atoms with Crippen LogP contribution in [0.3, 0.4) is 0 Å². The highest BCUT2D eigenvalue weighted by Gasteiger charge is 2.40. The van der Waals surface area contributed by atoms with Crippen LogP contribution >= 0.6 is 0 Å². The van der Waals surface area contributed by atoms with Gasteiger partial charge in [0.2, 0.25) is 5.91 Å². The molecule has 0 radical (unpaired) electrons. The van der Waals surface area contributed by atoms with Crippen molar-refractivity contribution in [2.45, 2.75) is 19.0 Å². The number of aromatic nitrogens is 1. The molecule has 1 aromatic heterocycles. The van der Waals surface area contributed by atoms with Crippen LogP contribution in [0.2, 0.25) is 0 Å². The molecule has 4 rings (SSSR count). The number of hydrogen-bond donors (Lipinski definition) is 1. The Labute approximate surface area is 173 Å². The maximum atomic E-state index is 13.0. The molecule has 2 amide bonds. The number of carbonyl (C=O) groups is 2. The molecule has 1 aliphatic rings. The zero-order chi connectivity index (χ0) is 21.1. The standard InChI is InChI=1S/C23H21N3O4/c1-30-20-10-3-2-9-19(20)26-22(28)14-18(23(26)29)24-17-8-6-7-16(13-17)15-25-12-5-4-11-21(25)27/h2-13,18,24H,14-15H2,1H3. The first-order valence-corrected chi connectivity index (χ1v) is 9.57. The summed E-state index contributed by atoms with van der Waals surface area (Å²) in [6, 6.07) is 18.8. The van der Waals surface area contributed by atoms with Gasteiger partial charge in [0.05, 0.1) is 25.8 Å². The Hall–Kier alpha value is -3.87. The third-order valence-corrected chi connectivity index (χ3v) is 4.99. The van der Waals surface area contributed by atoms with E-state index in [9.17, 15) is 14.4 Å². The normalized spacial score (nSPS) is 16.0. The maximum Gasteiger partial charge on any atom is 0.256 e. The number of rotatable bonds is 6. The minimum absolute atomic E-state index is 0.0548. The number of benzene rings is 2. The maximum absolute atomic E-state index is 13.0. The van der Waals surface area contributed by atoms with Crippen molar-refractivity contribution in [1.82, 2.24) is 4.57 Å². The molecule has 1 atom stereocenters. The number of amides is 2. The number of pyridine rings is 1. The number of methoxy groups -OCH3 is 1. The molecule has 0 aliphatic carbocycles. The second-order valence-corrected chi connectivity index (χ2v) is 7.01. The van der Waals surface area contributed by atoms with E-state index in [-0.39, 0.29) is 23.8 Å². The number of ether oxygens (including phenoxy) is 1. The zero-order valence-electron chi connectivity index (χ0n) is 16.4. The van der Waals surface area contributed by atoms with Gasteiger partial charge in [-0.3, -0.25) is 14.4 Å². The van der Waals surface area contributed by atoms with Crippen LogP contribution in [0.4, 0.5) is 11.4 Å². The first kappa shape index (κ1) is 19.4. The van der Waals surface area contributed by atoms with Gasteiger partial charge in [-0.1, -0.05) is 30.3 Å². The van der Waals surface area contributed by atoms with Crippen LogP contribution in [0.15, 0.2) is 77.7 Å². The van der Waals surface area contributed by atoms with E-state index in [1.54, 1.807) is 47.2 Å². The van der Waals surface area contributed by atoms with Crippen LogP contribution in [0.25, 0.3) is 0 Å². The average molecular weight is 403 g/mol. The molecule has 152 valence electrons. The summed E-state index contributed by atoms with van der Waals surface area (Å²) < 4.78 is 6.90. The van der Waals surface area contributed by atoms with Crippen molar-refractivity contribution in [3.63, 3.8) is 0 Å². The van der Waals surface area contributed by atoms with E-state index >= 15 is 0 Å². The van der Waals surface area contributed by atoms with E-state index in [0.717, 1.165) is 5.56 Å². The third kappa shape index (κ3) is 3.82. The molecule has 1 N–H and O–H groups in total. The van der Waals surface area contributed by atoms with Crippen molar-refractivity contribution >= 4 is 23.2 Å². The first-order chi connectivity index (χ1) is 14.6. The monoisotopic (exact) mass is 403 g/mol. The average Bonchev–Trinajstić information content (AvgIpc) is 3.03. The van der Waals surface area contributed by atoms with Crippen molar-refractivity contribution in [2.75, 3.05) is 17.3 Å². The van der Waals surface area contributed by atoms with Crippen LogP contribution in [0.5, 0.6) is 5.75 Å². The SMILES string of the molecule is COc1ccccc1N1C(=O)CC(Nc2cccc(Cn3ccccc3=O)c2)C1=O. The second-order valence-electron chi connectivity index (χ2n) is 7.01. The second kappa shape index (κ2) is 8.24. The lowest BCUT2D eigenvalue weighted by Gasteiger charge is -2.18. The fourth-order valence-electron chi connectivity index (χ4n) is 3.56. The molecule has 3 aromatic rings. The van der Waals surface area contributed by atoms with Gasteiger partial charge in [0.15, 0.2) is 0 Å². The lowest BCUT2D eigenvalue weighted by molar-refractivity contribution is -0.121. The van der Waals surface area contributed by atoms with Gasteiger partial charge in [0, 0.05) is 18.0 Å². The fourth-order valence-corrected chi connectivity index (χ4v) is 3.56. The molecule has 1 aliphatic heterocycles. The van der Waals surface area contributed by atoms with E-state index in [2.05, 4.69) is 5.32 Å². The number of hydrogen-bond acceptors (Lipinski definition) is 5. The van der Waals surface area contributed by atoms with Crippen molar-refractivity contribution in [1.29, 1.82) is 0 Å². The lowest BCUT2D eigenvalue weighted by atomic mass is 10.1. The smallest absolute Gasteiger partial charge is 0.256 e. The van der Waals surface area contributed by atoms with E-state index < -0.39 is 6.04 Å². The molecule has 2 aromatic carbocycles. The minimum Gasteiger partial charge on any atom is -0.495 e. The summed E-state index contributed by atoms with van der Waals surface area (Å²) in [4.78, 5) is 38.6. The summed E-state index contributed by atoms with van der Waals surface area (Å²) in [6.07, 6.45) is 1.78. The van der Waals surface area contributed by atoms with E-state index in [0.29, 0.717) is 23.7 Å². The Morgan fingerprint density at radius 3 is 2.60 bits per heavy atom. The van der Waals surface area contributed by atoms with Gasteiger partial charge in [0.25, 0.3) is 11.5 Å². The summed E-state index contributed by atoms with van der Waals surface area (Å²) in [6.45, 7) is 0.417. The molecule has 2 heterocycles. The summed E-state index contributed by atoms with van der Waals surface area (Å²) in [5.74, 6) is -0.140. The molecule has 1 saturated heterocycles. The van der Waals surface area contributed by atoms with Gasteiger partial charge >= 0.3 is 0 Å². The van der Waals surface area contributed by atoms with Gasteiger partial charge in [-0.05, 0) is 35.9 Å². The first-order valence-electron chi connectivity index (χ1n) is 9.57. The van der Waals surface area contributed by atoms with Crippen molar-refractivity contribution < 1.29 is 14.3 Å². The van der Waals surface area contributed by atoms with Crippen molar-refractivity contribution in [3.8, 4) is 5.75 Å². The van der Waals surface area contributed by atoms with Crippen LogP contribution in [0, 0.1) is 0 Å².